The van der Waals surface area contributed by atoms with Gasteiger partial charge in [-0.2, -0.15) is 0 Å². The number of nitrogens with zero attached hydrogens (tertiary/aromatic N) is 5. The Morgan fingerprint density at radius 3 is 2.68 bits per heavy atom. The minimum Gasteiger partial charge on any atom is -0.420 e. The molecule has 2 aliphatic heterocycles. The van der Waals surface area contributed by atoms with E-state index in [0.29, 0.717) is 46.1 Å². The molecule has 0 spiro atoms. The fourth-order valence-electron chi connectivity index (χ4n) is 3.90. The monoisotopic (exact) mass is 437 g/mol. The van der Waals surface area contributed by atoms with Gasteiger partial charge >= 0.3 is 6.09 Å². The molecule has 9 heteroatoms. The maximum atomic E-state index is 13.2. The zero-order chi connectivity index (χ0) is 21.5. The third-order valence-electron chi connectivity index (χ3n) is 5.67. The molecule has 4 heterocycles. The van der Waals surface area contributed by atoms with E-state index in [1.54, 1.807) is 47.5 Å². The first-order valence-electron chi connectivity index (χ1n) is 10.0. The average Bonchev–Trinajstić information content (AvgIpc) is 3.06. The lowest BCUT2D eigenvalue weighted by Gasteiger charge is -2.33. The van der Waals surface area contributed by atoms with Gasteiger partial charge in [0.25, 0.3) is 5.91 Å². The van der Waals surface area contributed by atoms with Gasteiger partial charge in [0.05, 0.1) is 5.02 Å². The molecule has 0 N–H and O–H groups in total. The molecule has 2 aromatic heterocycles. The maximum absolute atomic E-state index is 13.2. The summed E-state index contributed by atoms with van der Waals surface area (Å²) in [7, 11) is 2.02. The highest BCUT2D eigenvalue weighted by molar-refractivity contribution is 6.35. The lowest BCUT2D eigenvalue weighted by Crippen LogP contribution is -2.48. The Morgan fingerprint density at radius 2 is 1.87 bits per heavy atom. The number of benzene rings is 1. The average molecular weight is 438 g/mol. The zero-order valence-electron chi connectivity index (χ0n) is 16.9. The molecule has 0 radical (unpaired) electrons. The number of aromatic nitrogens is 2. The van der Waals surface area contributed by atoms with Crippen molar-refractivity contribution in [3.8, 4) is 0 Å². The first kappa shape index (κ1) is 19.7. The Kier molecular flexibility index (Phi) is 4.95. The molecule has 1 aromatic carbocycles. The molecular weight excluding hydrogens is 418 g/mol. The van der Waals surface area contributed by atoms with E-state index in [1.807, 2.05) is 13.1 Å². The summed E-state index contributed by atoms with van der Waals surface area (Å²) in [6.45, 7) is 2.71. The summed E-state index contributed by atoms with van der Waals surface area (Å²) in [6.07, 6.45) is 0.210. The number of fused-ring (bicyclic) bond motifs is 2. The Labute approximate surface area is 184 Å². The van der Waals surface area contributed by atoms with Crippen LogP contribution in [0.3, 0.4) is 0 Å². The second kappa shape index (κ2) is 7.79. The Hall–Kier alpha value is -3.23. The van der Waals surface area contributed by atoms with Gasteiger partial charge in [-0.25, -0.2) is 14.8 Å². The van der Waals surface area contributed by atoms with Crippen LogP contribution in [0, 0.1) is 0 Å². The Bertz CT molecular complexity index is 1180. The number of amides is 2. The second-order valence-electron chi connectivity index (χ2n) is 7.62. The van der Waals surface area contributed by atoms with E-state index in [1.165, 1.54) is 4.90 Å². The molecule has 31 heavy (non-hydrogen) atoms. The fraction of sp³-hybridized carbons (Fsp3) is 0.273. The molecule has 8 nitrogen and oxygen atoms in total. The van der Waals surface area contributed by atoms with Crippen LogP contribution in [0.2, 0.25) is 5.02 Å². The van der Waals surface area contributed by atoms with Crippen LogP contribution in [0.4, 0.5) is 10.6 Å². The topological polar surface area (TPSA) is 78.9 Å². The molecule has 1 fully saturated rings. The second-order valence-corrected chi connectivity index (χ2v) is 8.03. The van der Waals surface area contributed by atoms with Crippen LogP contribution >= 0.6 is 11.6 Å². The van der Waals surface area contributed by atoms with E-state index in [2.05, 4.69) is 14.9 Å². The number of hydrogen-bond donors (Lipinski definition) is 0. The molecule has 2 aliphatic rings. The number of piperazine rings is 1. The highest BCUT2D eigenvalue weighted by atomic mass is 35.5. The Balaban J connectivity index is 1.51. The minimum atomic E-state index is -0.903. The number of halogens is 1. The number of likely N-dealkylation sites (N-methyl/N-ethyl adjacent to an activating group) is 1. The lowest BCUT2D eigenvalue weighted by molar-refractivity contribution is 0.0489. The van der Waals surface area contributed by atoms with Gasteiger partial charge in [-0.05, 0) is 31.3 Å². The quantitative estimate of drug-likeness (QED) is 0.612. The number of carbonyl (C=O) groups excluding carboxylic acids is 2. The van der Waals surface area contributed by atoms with Gasteiger partial charge < -0.3 is 14.5 Å². The van der Waals surface area contributed by atoms with E-state index in [9.17, 15) is 9.59 Å². The van der Waals surface area contributed by atoms with Crippen LogP contribution < -0.4 is 4.90 Å². The zero-order valence-corrected chi connectivity index (χ0v) is 17.6. The summed E-state index contributed by atoms with van der Waals surface area (Å²) in [6, 6.07) is 12.3. The molecule has 1 atom stereocenters. The summed E-state index contributed by atoms with van der Waals surface area (Å²) < 4.78 is 5.87. The van der Waals surface area contributed by atoms with Crippen LogP contribution in [0.25, 0.3) is 11.0 Å². The van der Waals surface area contributed by atoms with E-state index < -0.39 is 12.3 Å². The first-order valence-corrected chi connectivity index (χ1v) is 10.4. The van der Waals surface area contributed by atoms with E-state index in [0.717, 1.165) is 13.1 Å². The van der Waals surface area contributed by atoms with Gasteiger partial charge in [0.15, 0.2) is 5.65 Å². The number of carbonyl (C=O) groups is 2. The van der Waals surface area contributed by atoms with Crippen molar-refractivity contribution < 1.29 is 14.3 Å². The highest BCUT2D eigenvalue weighted by Crippen LogP contribution is 2.38. The largest absolute Gasteiger partial charge is 0.420 e. The van der Waals surface area contributed by atoms with Crippen LogP contribution in [-0.2, 0) is 4.74 Å². The number of ether oxygens (including phenoxy) is 1. The minimum absolute atomic E-state index is 0.277. The molecular formula is C22H20ClN5O3. The summed E-state index contributed by atoms with van der Waals surface area (Å²) in [4.78, 5) is 40.2. The predicted octanol–water partition coefficient (Wildman–Crippen LogP) is 3.33. The number of anilines is 1. The van der Waals surface area contributed by atoms with Crippen molar-refractivity contribution in [2.75, 3.05) is 38.1 Å². The molecule has 0 bridgehead atoms. The first-order chi connectivity index (χ1) is 15.0. The SMILES string of the molecule is CN1CCN(C(=O)OC2c3ccccc3C(=O)N2c2ccc3c(Cl)ccnc3n2)CC1. The molecule has 0 aliphatic carbocycles. The van der Waals surface area contributed by atoms with Crippen LogP contribution in [0.15, 0.2) is 48.7 Å². The third-order valence-corrected chi connectivity index (χ3v) is 6.00. The van der Waals surface area contributed by atoms with Gasteiger partial charge in [-0.3, -0.25) is 9.69 Å². The molecule has 0 saturated carbocycles. The summed E-state index contributed by atoms with van der Waals surface area (Å²) >= 11 is 6.23. The molecule has 2 amide bonds. The van der Waals surface area contributed by atoms with Crippen molar-refractivity contribution in [3.63, 3.8) is 0 Å². The van der Waals surface area contributed by atoms with Crippen molar-refractivity contribution in [3.05, 3.63) is 64.8 Å². The summed E-state index contributed by atoms with van der Waals surface area (Å²) in [5.41, 5.74) is 1.54. The van der Waals surface area contributed by atoms with Crippen molar-refractivity contribution >= 4 is 40.5 Å². The van der Waals surface area contributed by atoms with Gasteiger partial charge in [-0.1, -0.05) is 29.8 Å². The van der Waals surface area contributed by atoms with E-state index >= 15 is 0 Å². The van der Waals surface area contributed by atoms with Crippen molar-refractivity contribution in [2.45, 2.75) is 6.23 Å². The fourth-order valence-corrected chi connectivity index (χ4v) is 4.11. The maximum Gasteiger partial charge on any atom is 0.412 e. The van der Waals surface area contributed by atoms with Crippen LogP contribution in [-0.4, -0.2) is 65.0 Å². The molecule has 1 saturated heterocycles. The number of hydrogen-bond acceptors (Lipinski definition) is 6. The van der Waals surface area contributed by atoms with E-state index in [4.69, 9.17) is 16.3 Å². The molecule has 5 rings (SSSR count). The highest BCUT2D eigenvalue weighted by Gasteiger charge is 2.41. The third kappa shape index (κ3) is 3.47. The lowest BCUT2D eigenvalue weighted by atomic mass is 10.1. The van der Waals surface area contributed by atoms with Crippen molar-refractivity contribution in [1.82, 2.24) is 19.8 Å². The Morgan fingerprint density at radius 1 is 1.10 bits per heavy atom. The van der Waals surface area contributed by atoms with Crippen molar-refractivity contribution in [2.24, 2.45) is 0 Å². The van der Waals surface area contributed by atoms with Crippen LogP contribution in [0.1, 0.15) is 22.1 Å². The standard InChI is InChI=1S/C22H20ClN5O3/c1-26-10-12-27(13-11-26)22(30)31-21-15-5-3-2-4-14(15)20(29)28(21)18-7-6-16-17(23)8-9-24-19(16)25-18/h2-9,21H,10-13H2,1H3. The van der Waals surface area contributed by atoms with Gasteiger partial charge in [-0.15, -0.1) is 0 Å². The summed E-state index contributed by atoms with van der Waals surface area (Å²) in [5.74, 6) is 0.0697. The molecule has 1 unspecified atom stereocenters. The number of pyridine rings is 2. The van der Waals surface area contributed by atoms with Gasteiger partial charge in [0, 0.05) is 48.9 Å². The summed E-state index contributed by atoms with van der Waals surface area (Å²) in [5, 5.41) is 1.21. The normalized spacial score (nSPS) is 19.0. The molecule has 158 valence electrons. The smallest absolute Gasteiger partial charge is 0.412 e. The molecule has 3 aromatic rings. The predicted molar refractivity (Wildman–Crippen MR) is 116 cm³/mol. The van der Waals surface area contributed by atoms with Gasteiger partial charge in [0.2, 0.25) is 6.23 Å². The van der Waals surface area contributed by atoms with Crippen molar-refractivity contribution in [1.29, 1.82) is 0 Å². The van der Waals surface area contributed by atoms with E-state index in [-0.39, 0.29) is 5.91 Å². The van der Waals surface area contributed by atoms with Gasteiger partial charge in [0.1, 0.15) is 5.82 Å². The number of rotatable bonds is 2. The van der Waals surface area contributed by atoms with Crippen LogP contribution in [0.5, 0.6) is 0 Å².